The summed E-state index contributed by atoms with van der Waals surface area (Å²) in [6.45, 7) is 0.193. The van der Waals surface area contributed by atoms with E-state index in [0.29, 0.717) is 6.07 Å². The fourth-order valence-electron chi connectivity index (χ4n) is 1.41. The molecule has 4 nitrogen and oxygen atoms in total. The molecule has 1 aliphatic heterocycles. The summed E-state index contributed by atoms with van der Waals surface area (Å²) in [6.07, 6.45) is -0.797. The topological polar surface area (TPSA) is 46.6 Å². The molecule has 0 aromatic heterocycles. The summed E-state index contributed by atoms with van der Waals surface area (Å²) in [5, 5.41) is 0. The third kappa shape index (κ3) is 1.86. The van der Waals surface area contributed by atoms with Gasteiger partial charge in [-0.05, 0) is 12.1 Å². The first-order valence-corrected chi connectivity index (χ1v) is 4.52. The molecule has 0 spiro atoms. The molecule has 1 fully saturated rings. The van der Waals surface area contributed by atoms with Crippen LogP contribution in [0.2, 0.25) is 0 Å². The number of halogens is 2. The van der Waals surface area contributed by atoms with Gasteiger partial charge in [0.2, 0.25) is 0 Å². The Morgan fingerprint density at radius 3 is 2.38 bits per heavy atom. The summed E-state index contributed by atoms with van der Waals surface area (Å²) >= 11 is 0. The van der Waals surface area contributed by atoms with E-state index in [1.807, 2.05) is 0 Å². The summed E-state index contributed by atoms with van der Waals surface area (Å²) in [5.41, 5.74) is -0.212. The first-order chi connectivity index (χ1) is 7.58. The molecule has 84 valence electrons. The number of carbonyl (C=O) groups excluding carboxylic acids is 2. The third-order valence-corrected chi connectivity index (χ3v) is 2.12. The van der Waals surface area contributed by atoms with E-state index >= 15 is 0 Å². The molecule has 16 heavy (non-hydrogen) atoms. The molecule has 2 amide bonds. The fraction of sp³-hybridized carbons (Fsp3) is 0.200. The van der Waals surface area contributed by atoms with E-state index in [-0.39, 0.29) is 18.7 Å². The van der Waals surface area contributed by atoms with Gasteiger partial charge in [-0.25, -0.2) is 18.5 Å². The van der Waals surface area contributed by atoms with Crippen molar-refractivity contribution in [2.75, 3.05) is 13.2 Å². The number of hydrogen-bond acceptors (Lipinski definition) is 3. The summed E-state index contributed by atoms with van der Waals surface area (Å²) < 4.78 is 30.2. The lowest BCUT2D eigenvalue weighted by Gasteiger charge is -2.10. The van der Waals surface area contributed by atoms with E-state index in [9.17, 15) is 18.4 Å². The fourth-order valence-corrected chi connectivity index (χ4v) is 1.41. The van der Waals surface area contributed by atoms with Crippen LogP contribution in [0.25, 0.3) is 0 Å². The standard InChI is InChI=1S/C10H7F2NO3/c11-7-3-6(4-8(12)5-7)9(14)13-1-2-16-10(13)15/h3-5H,1-2H2. The normalized spacial score (nSPS) is 15.1. The molecule has 0 aliphatic carbocycles. The zero-order valence-corrected chi connectivity index (χ0v) is 8.07. The molecule has 0 unspecified atom stereocenters. The highest BCUT2D eigenvalue weighted by Crippen LogP contribution is 2.13. The van der Waals surface area contributed by atoms with Gasteiger partial charge in [0.05, 0.1) is 6.54 Å². The monoisotopic (exact) mass is 227 g/mol. The Hall–Kier alpha value is -1.98. The number of carbonyl (C=O) groups is 2. The second-order valence-corrected chi connectivity index (χ2v) is 3.23. The highest BCUT2D eigenvalue weighted by atomic mass is 19.1. The lowest BCUT2D eigenvalue weighted by molar-refractivity contribution is 0.0809. The van der Waals surface area contributed by atoms with Crippen LogP contribution >= 0.6 is 0 Å². The number of benzene rings is 1. The first kappa shape index (κ1) is 10.5. The van der Waals surface area contributed by atoms with Crippen molar-refractivity contribution in [3.05, 3.63) is 35.4 Å². The number of cyclic esters (lactones) is 1. The molecular formula is C10H7F2NO3. The van der Waals surface area contributed by atoms with Gasteiger partial charge in [0, 0.05) is 11.6 Å². The van der Waals surface area contributed by atoms with E-state index in [2.05, 4.69) is 4.74 Å². The molecule has 0 saturated carbocycles. The van der Waals surface area contributed by atoms with Gasteiger partial charge in [-0.2, -0.15) is 0 Å². The zero-order valence-electron chi connectivity index (χ0n) is 8.07. The van der Waals surface area contributed by atoms with Gasteiger partial charge in [0.15, 0.2) is 0 Å². The SMILES string of the molecule is O=C1OCCN1C(=O)c1cc(F)cc(F)c1. The molecule has 1 aromatic carbocycles. The maximum absolute atomic E-state index is 12.8. The molecule has 1 aliphatic rings. The number of nitrogens with zero attached hydrogens (tertiary/aromatic N) is 1. The Bertz CT molecular complexity index is 441. The molecule has 6 heteroatoms. The molecule has 0 atom stereocenters. The van der Waals surface area contributed by atoms with E-state index in [1.54, 1.807) is 0 Å². The minimum atomic E-state index is -0.865. The molecule has 0 N–H and O–H groups in total. The van der Waals surface area contributed by atoms with Crippen molar-refractivity contribution >= 4 is 12.0 Å². The van der Waals surface area contributed by atoms with Gasteiger partial charge < -0.3 is 4.74 Å². The zero-order chi connectivity index (χ0) is 11.7. The minimum absolute atomic E-state index is 0.0931. The average Bonchev–Trinajstić information content (AvgIpc) is 2.62. The lowest BCUT2D eigenvalue weighted by atomic mass is 10.2. The predicted molar refractivity (Wildman–Crippen MR) is 48.7 cm³/mol. The number of hydrogen-bond donors (Lipinski definition) is 0. The van der Waals surface area contributed by atoms with E-state index in [1.165, 1.54) is 0 Å². The largest absolute Gasteiger partial charge is 0.447 e. The Kier molecular flexibility index (Phi) is 2.55. The van der Waals surface area contributed by atoms with Gasteiger partial charge in [-0.15, -0.1) is 0 Å². The van der Waals surface area contributed by atoms with E-state index in [4.69, 9.17) is 0 Å². The van der Waals surface area contributed by atoms with Crippen molar-refractivity contribution in [3.8, 4) is 0 Å². The lowest BCUT2D eigenvalue weighted by Crippen LogP contribution is -2.31. The van der Waals surface area contributed by atoms with Gasteiger partial charge in [0.25, 0.3) is 5.91 Å². The molecule has 1 aromatic rings. The maximum Gasteiger partial charge on any atom is 0.416 e. The second-order valence-electron chi connectivity index (χ2n) is 3.23. The highest BCUT2D eigenvalue weighted by molar-refractivity contribution is 6.03. The van der Waals surface area contributed by atoms with Gasteiger partial charge in [0.1, 0.15) is 18.2 Å². The van der Waals surface area contributed by atoms with Crippen LogP contribution < -0.4 is 0 Å². The second kappa shape index (κ2) is 3.88. The van der Waals surface area contributed by atoms with Crippen molar-refractivity contribution in [2.45, 2.75) is 0 Å². The molecule has 1 saturated heterocycles. The van der Waals surface area contributed by atoms with Gasteiger partial charge in [-0.3, -0.25) is 4.79 Å². The maximum atomic E-state index is 12.8. The number of amides is 2. The Morgan fingerprint density at radius 1 is 1.25 bits per heavy atom. The van der Waals surface area contributed by atoms with Crippen LogP contribution in [0.15, 0.2) is 18.2 Å². The third-order valence-electron chi connectivity index (χ3n) is 2.12. The number of ether oxygens (including phenoxy) is 1. The molecule has 0 bridgehead atoms. The highest BCUT2D eigenvalue weighted by Gasteiger charge is 2.29. The quantitative estimate of drug-likeness (QED) is 0.731. The van der Waals surface area contributed by atoms with Crippen molar-refractivity contribution in [1.29, 1.82) is 0 Å². The van der Waals surface area contributed by atoms with Crippen LogP contribution in [0.5, 0.6) is 0 Å². The summed E-state index contributed by atoms with van der Waals surface area (Å²) in [6, 6.07) is 2.40. The van der Waals surface area contributed by atoms with Crippen molar-refractivity contribution in [1.82, 2.24) is 4.90 Å². The average molecular weight is 227 g/mol. The van der Waals surface area contributed by atoms with Crippen LogP contribution in [0.1, 0.15) is 10.4 Å². The predicted octanol–water partition coefficient (Wildman–Crippen LogP) is 1.56. The van der Waals surface area contributed by atoms with Crippen molar-refractivity contribution in [3.63, 3.8) is 0 Å². The molecule has 2 rings (SSSR count). The first-order valence-electron chi connectivity index (χ1n) is 4.52. The van der Waals surface area contributed by atoms with Crippen molar-refractivity contribution in [2.24, 2.45) is 0 Å². The number of imide groups is 1. The van der Waals surface area contributed by atoms with E-state index < -0.39 is 23.6 Å². The minimum Gasteiger partial charge on any atom is -0.447 e. The smallest absolute Gasteiger partial charge is 0.416 e. The van der Waals surface area contributed by atoms with Crippen LogP contribution in [-0.4, -0.2) is 30.1 Å². The Labute approximate surface area is 89.4 Å². The molecule has 0 radical (unpaired) electrons. The molecular weight excluding hydrogens is 220 g/mol. The summed E-state index contributed by atoms with van der Waals surface area (Å²) in [5.74, 6) is -2.49. The van der Waals surface area contributed by atoms with Crippen molar-refractivity contribution < 1.29 is 23.1 Å². The van der Waals surface area contributed by atoms with Gasteiger partial charge in [-0.1, -0.05) is 0 Å². The summed E-state index contributed by atoms with van der Waals surface area (Å²) in [7, 11) is 0. The Balaban J connectivity index is 2.30. The summed E-state index contributed by atoms with van der Waals surface area (Å²) in [4.78, 5) is 23.5. The Morgan fingerprint density at radius 2 is 1.88 bits per heavy atom. The van der Waals surface area contributed by atoms with Crippen LogP contribution in [0.3, 0.4) is 0 Å². The van der Waals surface area contributed by atoms with Gasteiger partial charge >= 0.3 is 6.09 Å². The number of rotatable bonds is 1. The van der Waals surface area contributed by atoms with Crippen LogP contribution in [0.4, 0.5) is 13.6 Å². The van der Waals surface area contributed by atoms with E-state index in [0.717, 1.165) is 17.0 Å². The van der Waals surface area contributed by atoms with Crippen LogP contribution in [-0.2, 0) is 4.74 Å². The molecule has 1 heterocycles. The van der Waals surface area contributed by atoms with Crippen LogP contribution in [0, 0.1) is 11.6 Å².